The predicted molar refractivity (Wildman–Crippen MR) is 134 cm³/mol. The third-order valence-electron chi connectivity index (χ3n) is 6.78. The molecule has 0 aliphatic carbocycles. The van der Waals surface area contributed by atoms with Crippen LogP contribution in [0.15, 0.2) is 46.1 Å². The van der Waals surface area contributed by atoms with E-state index in [1.807, 2.05) is 0 Å². The lowest BCUT2D eigenvalue weighted by Crippen LogP contribution is -2.36. The van der Waals surface area contributed by atoms with Crippen LogP contribution in [0.3, 0.4) is 0 Å². The summed E-state index contributed by atoms with van der Waals surface area (Å²) in [5.41, 5.74) is 0.475. The van der Waals surface area contributed by atoms with Crippen molar-refractivity contribution in [1.29, 1.82) is 0 Å². The number of fused-ring (bicyclic) bond motifs is 5. The van der Waals surface area contributed by atoms with E-state index in [2.05, 4.69) is 6.58 Å². The number of aromatic hydroxyl groups is 1. The van der Waals surface area contributed by atoms with Gasteiger partial charge >= 0.3 is 5.63 Å². The smallest absolute Gasteiger partial charge is 0.344 e. The fraction of sp³-hybridized carbons (Fsp3) is 0.296. The first-order valence-corrected chi connectivity index (χ1v) is 11.3. The molecule has 3 aromatic carbocycles. The van der Waals surface area contributed by atoms with Crippen molar-refractivity contribution in [3.8, 4) is 17.2 Å². The van der Waals surface area contributed by atoms with Crippen LogP contribution < -0.4 is 15.1 Å². The van der Waals surface area contributed by atoms with E-state index in [1.54, 1.807) is 24.3 Å². The number of hydrogen-bond acceptors (Lipinski definition) is 9. The zero-order valence-electron chi connectivity index (χ0n) is 19.9. The minimum absolute atomic E-state index is 0.115. The molecule has 4 N–H and O–H groups in total. The van der Waals surface area contributed by atoms with Crippen LogP contribution in [0.5, 0.6) is 17.2 Å². The number of phenolic OH excluding ortho intramolecular Hbond substituents is 1. The molecule has 188 valence electrons. The summed E-state index contributed by atoms with van der Waals surface area (Å²) in [6.07, 6.45) is -4.36. The van der Waals surface area contributed by atoms with Gasteiger partial charge in [-0.1, -0.05) is 18.7 Å². The van der Waals surface area contributed by atoms with Gasteiger partial charge in [-0.15, -0.1) is 0 Å². The van der Waals surface area contributed by atoms with Crippen molar-refractivity contribution in [3.05, 3.63) is 58.5 Å². The van der Waals surface area contributed by atoms with E-state index in [0.29, 0.717) is 27.6 Å². The van der Waals surface area contributed by atoms with Gasteiger partial charge in [0.25, 0.3) is 0 Å². The lowest BCUT2D eigenvalue weighted by Gasteiger charge is -2.20. The number of phenols is 1. The first-order valence-electron chi connectivity index (χ1n) is 11.3. The van der Waals surface area contributed by atoms with E-state index in [-0.39, 0.29) is 33.2 Å². The summed E-state index contributed by atoms with van der Waals surface area (Å²) in [5, 5.41) is 43.8. The van der Waals surface area contributed by atoms with Gasteiger partial charge in [-0.25, -0.2) is 4.79 Å². The third kappa shape index (κ3) is 3.43. The largest absolute Gasteiger partial charge is 0.507 e. The van der Waals surface area contributed by atoms with Crippen LogP contribution in [0.25, 0.3) is 38.6 Å². The average molecular weight is 494 g/mol. The van der Waals surface area contributed by atoms with Crippen molar-refractivity contribution in [1.82, 2.24) is 0 Å². The minimum atomic E-state index is -1.39. The van der Waals surface area contributed by atoms with Gasteiger partial charge in [0.15, 0.2) is 0 Å². The van der Waals surface area contributed by atoms with Gasteiger partial charge in [0, 0.05) is 16.2 Å². The van der Waals surface area contributed by atoms with Crippen molar-refractivity contribution in [2.24, 2.45) is 0 Å². The molecule has 1 aromatic heterocycles. The number of methoxy groups -OCH3 is 2. The maximum atomic E-state index is 13.2. The van der Waals surface area contributed by atoms with Crippen molar-refractivity contribution < 1.29 is 39.1 Å². The zero-order valence-corrected chi connectivity index (χ0v) is 19.9. The Bertz CT molecular complexity index is 1570. The second kappa shape index (κ2) is 8.79. The summed E-state index contributed by atoms with van der Waals surface area (Å²) in [4.78, 5) is 13.2. The SMILES string of the molecule is C=Cc1cc(OC)c2c(c1)c(=O)oc1c2cc(OC)c2c(O)ccc([C@H]3O[C@H]([C@H](C)O)[C@@H](O)[C@H]3O)c21. The summed E-state index contributed by atoms with van der Waals surface area (Å²) in [7, 11) is 2.92. The summed E-state index contributed by atoms with van der Waals surface area (Å²) in [5.74, 6) is 0.538. The lowest BCUT2D eigenvalue weighted by molar-refractivity contribution is -0.0586. The fourth-order valence-electron chi connectivity index (χ4n) is 5.06. The van der Waals surface area contributed by atoms with Crippen molar-refractivity contribution >= 4 is 38.6 Å². The Hall–Kier alpha value is -3.63. The number of ether oxygens (including phenoxy) is 3. The number of benzene rings is 3. The van der Waals surface area contributed by atoms with Crippen LogP contribution in [0.1, 0.15) is 24.2 Å². The molecule has 1 aliphatic rings. The first kappa shape index (κ1) is 24.1. The van der Waals surface area contributed by atoms with E-state index in [1.165, 1.54) is 33.3 Å². The standard InChI is InChI=1S/C27H26O9/c1-5-12-8-15-19(17(9-12)33-3)14-10-18(34-4)21-16(29)7-6-13(20(21)25(14)36-27(15)32)26-23(31)22(30)24(35-26)11(2)28/h5-11,22-24,26,28-31H,1H2,2-4H3/t11-,22-,23+,24+,26+/m0/s1. The summed E-state index contributed by atoms with van der Waals surface area (Å²) < 4.78 is 22.9. The van der Waals surface area contributed by atoms with Gasteiger partial charge < -0.3 is 39.1 Å². The van der Waals surface area contributed by atoms with Crippen LogP contribution >= 0.6 is 0 Å². The average Bonchev–Trinajstić information content (AvgIpc) is 3.17. The molecule has 1 fully saturated rings. The minimum Gasteiger partial charge on any atom is -0.507 e. The number of aliphatic hydroxyl groups excluding tert-OH is 3. The monoisotopic (exact) mass is 494 g/mol. The highest BCUT2D eigenvalue weighted by molar-refractivity contribution is 6.19. The molecule has 9 nitrogen and oxygen atoms in total. The number of aliphatic hydroxyl groups is 3. The highest BCUT2D eigenvalue weighted by Crippen LogP contribution is 2.47. The van der Waals surface area contributed by atoms with Gasteiger partial charge in [-0.3, -0.25) is 0 Å². The van der Waals surface area contributed by atoms with E-state index >= 15 is 0 Å². The maximum absolute atomic E-state index is 13.2. The van der Waals surface area contributed by atoms with Crippen molar-refractivity contribution in [2.45, 2.75) is 37.4 Å². The predicted octanol–water partition coefficient (Wildman–Crippen LogP) is 3.01. The van der Waals surface area contributed by atoms with Crippen LogP contribution in [0, 0.1) is 0 Å². The second-order valence-corrected chi connectivity index (χ2v) is 8.86. The Labute approximate surface area is 205 Å². The Balaban J connectivity index is 1.95. The molecular formula is C27H26O9. The molecule has 1 saturated heterocycles. The first-order chi connectivity index (χ1) is 17.2. The highest BCUT2D eigenvalue weighted by atomic mass is 16.6. The van der Waals surface area contributed by atoms with E-state index < -0.39 is 36.1 Å². The fourth-order valence-corrected chi connectivity index (χ4v) is 5.06. The topological polar surface area (TPSA) is 139 Å². The van der Waals surface area contributed by atoms with Crippen LogP contribution in [0.4, 0.5) is 0 Å². The molecule has 9 heteroatoms. The molecule has 4 aromatic rings. The molecule has 0 amide bonds. The lowest BCUT2D eigenvalue weighted by atomic mass is 9.92. The molecule has 0 unspecified atom stereocenters. The van der Waals surface area contributed by atoms with Gasteiger partial charge in [-0.05, 0) is 42.3 Å². The van der Waals surface area contributed by atoms with Crippen LogP contribution in [0.2, 0.25) is 0 Å². The Morgan fingerprint density at radius 2 is 1.69 bits per heavy atom. The van der Waals surface area contributed by atoms with Gasteiger partial charge in [-0.2, -0.15) is 0 Å². The molecule has 5 rings (SSSR count). The molecule has 0 bridgehead atoms. The quantitative estimate of drug-likeness (QED) is 0.244. The van der Waals surface area contributed by atoms with Gasteiger partial charge in [0.1, 0.15) is 47.2 Å². The molecule has 2 heterocycles. The maximum Gasteiger partial charge on any atom is 0.344 e. The van der Waals surface area contributed by atoms with Crippen molar-refractivity contribution in [2.75, 3.05) is 14.2 Å². The molecule has 5 atom stereocenters. The Kier molecular flexibility index (Phi) is 5.88. The number of hydrogen-bond donors (Lipinski definition) is 4. The van der Waals surface area contributed by atoms with Crippen molar-refractivity contribution in [3.63, 3.8) is 0 Å². The highest BCUT2D eigenvalue weighted by Gasteiger charge is 2.46. The van der Waals surface area contributed by atoms with E-state index in [4.69, 9.17) is 18.6 Å². The van der Waals surface area contributed by atoms with E-state index in [9.17, 15) is 25.2 Å². The van der Waals surface area contributed by atoms with E-state index in [0.717, 1.165) is 0 Å². The Morgan fingerprint density at radius 1 is 1.00 bits per heavy atom. The Morgan fingerprint density at radius 3 is 2.31 bits per heavy atom. The molecule has 0 spiro atoms. The molecule has 36 heavy (non-hydrogen) atoms. The molecule has 0 radical (unpaired) electrons. The van der Waals surface area contributed by atoms with Crippen LogP contribution in [-0.2, 0) is 4.74 Å². The summed E-state index contributed by atoms with van der Waals surface area (Å²) >= 11 is 0. The molecule has 0 saturated carbocycles. The summed E-state index contributed by atoms with van der Waals surface area (Å²) in [6.45, 7) is 5.21. The molecule has 1 aliphatic heterocycles. The van der Waals surface area contributed by atoms with Gasteiger partial charge in [0.2, 0.25) is 0 Å². The van der Waals surface area contributed by atoms with Gasteiger partial charge in [0.05, 0.1) is 31.1 Å². The third-order valence-corrected chi connectivity index (χ3v) is 6.78. The zero-order chi connectivity index (χ0) is 25.9. The van der Waals surface area contributed by atoms with Crippen LogP contribution in [-0.4, -0.2) is 59.1 Å². The number of rotatable bonds is 5. The normalized spacial score (nSPS) is 22.8. The summed E-state index contributed by atoms with van der Waals surface area (Å²) in [6, 6.07) is 7.94. The second-order valence-electron chi connectivity index (χ2n) is 8.86. The molecular weight excluding hydrogens is 468 g/mol.